The zero-order chi connectivity index (χ0) is 14.2. The molecule has 5 heteroatoms. The first kappa shape index (κ1) is 14.7. The Morgan fingerprint density at radius 2 is 2.05 bits per heavy atom. The van der Waals surface area contributed by atoms with Crippen molar-refractivity contribution in [3.63, 3.8) is 0 Å². The average molecular weight is 349 g/mol. The molecular formula is C15H13BrN2OS. The van der Waals surface area contributed by atoms with E-state index in [9.17, 15) is 4.79 Å². The number of hydrogen-bond acceptors (Lipinski definition) is 3. The van der Waals surface area contributed by atoms with Crippen LogP contribution in [-0.4, -0.2) is 12.1 Å². The third-order valence-corrected chi connectivity index (χ3v) is 3.71. The van der Waals surface area contributed by atoms with Crippen molar-refractivity contribution in [3.05, 3.63) is 62.8 Å². The average Bonchev–Trinajstić information content (AvgIpc) is 2.92. The molecule has 1 aromatic heterocycles. The Bertz CT molecular complexity index is 606. The van der Waals surface area contributed by atoms with Crippen LogP contribution in [0.3, 0.4) is 0 Å². The second-order valence-electron chi connectivity index (χ2n) is 3.99. The van der Waals surface area contributed by atoms with Crippen molar-refractivity contribution in [3.8, 4) is 0 Å². The van der Waals surface area contributed by atoms with E-state index in [1.54, 1.807) is 17.6 Å². The molecule has 0 saturated heterocycles. The minimum Gasteiger partial charge on any atom is -0.273 e. The highest BCUT2D eigenvalue weighted by Gasteiger charge is 2.01. The highest BCUT2D eigenvalue weighted by Crippen LogP contribution is 2.10. The first-order chi connectivity index (χ1) is 9.74. The number of rotatable bonds is 5. The van der Waals surface area contributed by atoms with Gasteiger partial charge in [-0.05, 0) is 39.0 Å². The van der Waals surface area contributed by atoms with Crippen molar-refractivity contribution >= 4 is 45.5 Å². The van der Waals surface area contributed by atoms with Crippen LogP contribution in [0, 0.1) is 0 Å². The predicted octanol–water partition coefficient (Wildman–Crippen LogP) is 3.83. The number of carbonyl (C=O) groups is 1. The molecule has 0 aliphatic carbocycles. The van der Waals surface area contributed by atoms with Gasteiger partial charge in [-0.15, -0.1) is 11.3 Å². The van der Waals surface area contributed by atoms with Gasteiger partial charge in [0.2, 0.25) is 5.91 Å². The van der Waals surface area contributed by atoms with E-state index in [4.69, 9.17) is 0 Å². The molecule has 0 saturated carbocycles. The molecule has 0 bridgehead atoms. The Balaban J connectivity index is 1.84. The van der Waals surface area contributed by atoms with E-state index in [-0.39, 0.29) is 5.91 Å². The lowest BCUT2D eigenvalue weighted by molar-refractivity contribution is -0.120. The van der Waals surface area contributed by atoms with Crippen LogP contribution in [0.15, 0.2) is 57.4 Å². The number of hydrazone groups is 1. The fourth-order valence-electron chi connectivity index (χ4n) is 1.52. The molecule has 0 aliphatic heterocycles. The van der Waals surface area contributed by atoms with Crippen LogP contribution in [-0.2, 0) is 11.2 Å². The van der Waals surface area contributed by atoms with Crippen molar-refractivity contribution < 1.29 is 4.79 Å². The van der Waals surface area contributed by atoms with Gasteiger partial charge in [0.05, 0.1) is 12.6 Å². The van der Waals surface area contributed by atoms with E-state index in [0.717, 1.165) is 14.9 Å². The van der Waals surface area contributed by atoms with Gasteiger partial charge in [-0.25, -0.2) is 5.43 Å². The van der Waals surface area contributed by atoms with Crippen LogP contribution in [0.25, 0.3) is 6.08 Å². The van der Waals surface area contributed by atoms with Crippen LogP contribution in [0.4, 0.5) is 0 Å². The molecule has 3 nitrogen and oxygen atoms in total. The standard InChI is InChI=1S/C15H13BrN2OS/c16-13(9-12-5-2-1-3-6-12)11-17-18-15(19)10-14-7-4-8-20-14/h1-9,11H,10H2,(H,18,19)/b13-9-,17-11-. The van der Waals surface area contributed by atoms with Crippen LogP contribution >= 0.6 is 27.3 Å². The summed E-state index contributed by atoms with van der Waals surface area (Å²) in [4.78, 5) is 12.6. The summed E-state index contributed by atoms with van der Waals surface area (Å²) in [6, 6.07) is 13.7. The maximum absolute atomic E-state index is 11.6. The van der Waals surface area contributed by atoms with Gasteiger partial charge in [-0.1, -0.05) is 36.4 Å². The fourth-order valence-corrected chi connectivity index (χ4v) is 2.59. The van der Waals surface area contributed by atoms with E-state index < -0.39 is 0 Å². The van der Waals surface area contributed by atoms with Crippen molar-refractivity contribution in [1.82, 2.24) is 5.43 Å². The summed E-state index contributed by atoms with van der Waals surface area (Å²) < 4.78 is 0.792. The Morgan fingerprint density at radius 1 is 1.25 bits per heavy atom. The van der Waals surface area contributed by atoms with Gasteiger partial charge >= 0.3 is 0 Å². The smallest absolute Gasteiger partial charge is 0.245 e. The molecule has 2 aromatic rings. The number of hydrogen-bond donors (Lipinski definition) is 1. The summed E-state index contributed by atoms with van der Waals surface area (Å²) in [6.45, 7) is 0. The summed E-state index contributed by atoms with van der Waals surface area (Å²) in [6.07, 6.45) is 3.85. The molecule has 0 unspecified atom stereocenters. The van der Waals surface area contributed by atoms with Crippen molar-refractivity contribution in [2.24, 2.45) is 5.10 Å². The van der Waals surface area contributed by atoms with Gasteiger partial charge in [-0.2, -0.15) is 5.10 Å². The van der Waals surface area contributed by atoms with Crippen LogP contribution < -0.4 is 5.43 Å². The van der Waals surface area contributed by atoms with Gasteiger partial charge in [0, 0.05) is 9.36 Å². The van der Waals surface area contributed by atoms with Crippen LogP contribution in [0.5, 0.6) is 0 Å². The minimum absolute atomic E-state index is 0.122. The summed E-state index contributed by atoms with van der Waals surface area (Å²) in [7, 11) is 0. The number of nitrogens with one attached hydrogen (secondary N) is 1. The third-order valence-electron chi connectivity index (χ3n) is 2.40. The zero-order valence-corrected chi connectivity index (χ0v) is 13.0. The molecule has 0 radical (unpaired) electrons. The summed E-state index contributed by atoms with van der Waals surface area (Å²) in [5.41, 5.74) is 3.57. The molecule has 0 spiro atoms. The molecule has 102 valence electrons. The van der Waals surface area contributed by atoms with Crippen molar-refractivity contribution in [1.29, 1.82) is 0 Å². The second kappa shape index (κ2) is 7.77. The number of thiophene rings is 1. The molecule has 20 heavy (non-hydrogen) atoms. The van der Waals surface area contributed by atoms with E-state index in [2.05, 4.69) is 26.5 Å². The molecule has 1 aromatic carbocycles. The lowest BCUT2D eigenvalue weighted by atomic mass is 10.2. The Labute approximate surface area is 130 Å². The largest absolute Gasteiger partial charge is 0.273 e. The minimum atomic E-state index is -0.122. The third kappa shape index (κ3) is 5.11. The van der Waals surface area contributed by atoms with E-state index in [1.165, 1.54) is 0 Å². The number of allylic oxidation sites excluding steroid dienone is 1. The molecule has 1 amide bonds. The first-order valence-corrected chi connectivity index (χ1v) is 7.68. The SMILES string of the molecule is O=C(Cc1cccs1)N/N=C\C(Br)=C\c1ccccc1. The molecule has 1 heterocycles. The number of amides is 1. The van der Waals surface area contributed by atoms with E-state index in [1.807, 2.05) is 53.9 Å². The number of nitrogens with zero attached hydrogens (tertiary/aromatic N) is 1. The molecular weight excluding hydrogens is 336 g/mol. The van der Waals surface area contributed by atoms with Crippen molar-refractivity contribution in [2.45, 2.75) is 6.42 Å². The van der Waals surface area contributed by atoms with Crippen molar-refractivity contribution in [2.75, 3.05) is 0 Å². The molecule has 1 N–H and O–H groups in total. The highest BCUT2D eigenvalue weighted by atomic mass is 79.9. The maximum atomic E-state index is 11.6. The lowest BCUT2D eigenvalue weighted by Gasteiger charge is -1.97. The number of carbonyl (C=O) groups excluding carboxylic acids is 1. The fraction of sp³-hybridized carbons (Fsp3) is 0.0667. The quantitative estimate of drug-likeness (QED) is 0.647. The topological polar surface area (TPSA) is 41.5 Å². The van der Waals surface area contributed by atoms with Gasteiger partial charge in [-0.3, -0.25) is 4.79 Å². The lowest BCUT2D eigenvalue weighted by Crippen LogP contribution is -2.19. The second-order valence-corrected chi connectivity index (χ2v) is 5.94. The Kier molecular flexibility index (Phi) is 5.70. The molecule has 2 rings (SSSR count). The van der Waals surface area contributed by atoms with Gasteiger partial charge in [0.25, 0.3) is 0 Å². The maximum Gasteiger partial charge on any atom is 0.245 e. The van der Waals surface area contributed by atoms with Crippen LogP contribution in [0.2, 0.25) is 0 Å². The Hall–Kier alpha value is -1.72. The van der Waals surface area contributed by atoms with E-state index >= 15 is 0 Å². The molecule has 0 fully saturated rings. The van der Waals surface area contributed by atoms with E-state index in [0.29, 0.717) is 6.42 Å². The van der Waals surface area contributed by atoms with Gasteiger partial charge < -0.3 is 0 Å². The summed E-state index contributed by atoms with van der Waals surface area (Å²) in [5.74, 6) is -0.122. The highest BCUT2D eigenvalue weighted by molar-refractivity contribution is 9.12. The first-order valence-electron chi connectivity index (χ1n) is 6.00. The summed E-state index contributed by atoms with van der Waals surface area (Å²) in [5, 5.41) is 5.86. The van der Waals surface area contributed by atoms with Crippen LogP contribution in [0.1, 0.15) is 10.4 Å². The summed E-state index contributed by atoms with van der Waals surface area (Å²) >= 11 is 4.95. The molecule has 0 aliphatic rings. The number of halogens is 1. The Morgan fingerprint density at radius 3 is 2.75 bits per heavy atom. The normalized spacial score (nSPS) is 11.8. The zero-order valence-electron chi connectivity index (χ0n) is 10.6. The predicted molar refractivity (Wildman–Crippen MR) is 88.0 cm³/mol. The number of benzene rings is 1. The van der Waals surface area contributed by atoms with Gasteiger partial charge in [0.1, 0.15) is 0 Å². The van der Waals surface area contributed by atoms with Gasteiger partial charge in [0.15, 0.2) is 0 Å². The monoisotopic (exact) mass is 348 g/mol. The molecule has 0 atom stereocenters.